The average Bonchev–Trinajstić information content (AvgIpc) is 3.15. The van der Waals surface area contributed by atoms with Crippen LogP contribution in [0.3, 0.4) is 0 Å². The van der Waals surface area contributed by atoms with Gasteiger partial charge in [0, 0.05) is 17.3 Å². The largest absolute Gasteiger partial charge is 0.465 e. The van der Waals surface area contributed by atoms with Gasteiger partial charge in [0.1, 0.15) is 18.2 Å². The number of sulfonamides is 1. The lowest BCUT2D eigenvalue weighted by Crippen LogP contribution is -2.23. The summed E-state index contributed by atoms with van der Waals surface area (Å²) >= 11 is 0.793. The summed E-state index contributed by atoms with van der Waals surface area (Å²) in [7, 11) is -4.07. The number of anilines is 1. The number of nitrogens with zero attached hydrogens (tertiary/aromatic N) is 2. The highest BCUT2D eigenvalue weighted by atomic mass is 32.2. The van der Waals surface area contributed by atoms with Crippen LogP contribution in [0.5, 0.6) is 0 Å². The minimum Gasteiger partial charge on any atom is -0.465 e. The van der Waals surface area contributed by atoms with Crippen molar-refractivity contribution in [3.63, 3.8) is 0 Å². The van der Waals surface area contributed by atoms with Crippen LogP contribution in [-0.2, 0) is 26.1 Å². The average molecular weight is 550 g/mol. The van der Waals surface area contributed by atoms with Crippen LogP contribution in [0.1, 0.15) is 17.3 Å². The molecule has 0 aliphatic heterocycles. The molecule has 4 rings (SSSR count). The van der Waals surface area contributed by atoms with Crippen molar-refractivity contribution in [2.75, 3.05) is 11.3 Å². The van der Waals surface area contributed by atoms with Gasteiger partial charge in [-0.1, -0.05) is 17.4 Å². The van der Waals surface area contributed by atoms with Crippen LogP contribution < -0.4 is 9.52 Å². The first-order valence-corrected chi connectivity index (χ1v) is 13.0. The summed E-state index contributed by atoms with van der Waals surface area (Å²) < 4.78 is 75.1. The van der Waals surface area contributed by atoms with Gasteiger partial charge < -0.3 is 9.30 Å². The topological polar surface area (TPSA) is 107 Å². The highest BCUT2D eigenvalue weighted by Gasteiger charge is 2.18. The summed E-state index contributed by atoms with van der Waals surface area (Å²) in [6.07, 6.45) is 0. The van der Waals surface area contributed by atoms with Crippen LogP contribution in [0, 0.1) is 17.5 Å². The zero-order valence-electron chi connectivity index (χ0n) is 19.1. The molecule has 0 saturated heterocycles. The van der Waals surface area contributed by atoms with Crippen molar-refractivity contribution in [3.8, 4) is 0 Å². The molecule has 1 aromatic heterocycles. The molecule has 0 spiro atoms. The molecule has 0 bridgehead atoms. The smallest absolute Gasteiger partial charge is 0.326 e. The molecular formula is C24H18F3N3O5S2. The molecule has 192 valence electrons. The fraction of sp³-hybridized carbons (Fsp3) is 0.125. The molecule has 0 aliphatic carbocycles. The van der Waals surface area contributed by atoms with E-state index in [-0.39, 0.29) is 37.8 Å². The fourth-order valence-electron chi connectivity index (χ4n) is 3.39. The Morgan fingerprint density at radius 1 is 1.03 bits per heavy atom. The Morgan fingerprint density at radius 2 is 1.76 bits per heavy atom. The first kappa shape index (κ1) is 26.1. The number of hydrogen-bond donors (Lipinski definition) is 1. The number of nitrogens with one attached hydrogen (secondary N) is 1. The number of rotatable bonds is 7. The van der Waals surface area contributed by atoms with Crippen molar-refractivity contribution in [2.45, 2.75) is 18.4 Å². The maximum Gasteiger partial charge on any atom is 0.326 e. The van der Waals surface area contributed by atoms with Gasteiger partial charge in [0.15, 0.2) is 10.6 Å². The van der Waals surface area contributed by atoms with Crippen LogP contribution in [0.4, 0.5) is 18.9 Å². The lowest BCUT2D eigenvalue weighted by molar-refractivity contribution is -0.143. The number of esters is 1. The lowest BCUT2D eigenvalue weighted by Gasteiger charge is -2.09. The van der Waals surface area contributed by atoms with Crippen LogP contribution in [0.15, 0.2) is 70.6 Å². The second kappa shape index (κ2) is 10.6. The zero-order valence-corrected chi connectivity index (χ0v) is 20.7. The van der Waals surface area contributed by atoms with Crippen LogP contribution in [0.25, 0.3) is 10.2 Å². The molecule has 1 heterocycles. The summed E-state index contributed by atoms with van der Waals surface area (Å²) in [6.45, 7) is 1.20. The van der Waals surface area contributed by atoms with E-state index in [4.69, 9.17) is 4.74 Å². The van der Waals surface area contributed by atoms with Gasteiger partial charge in [0.25, 0.3) is 15.9 Å². The zero-order chi connectivity index (χ0) is 26.7. The Morgan fingerprint density at radius 3 is 2.46 bits per heavy atom. The van der Waals surface area contributed by atoms with Gasteiger partial charge in [-0.15, -0.1) is 0 Å². The number of benzene rings is 3. The second-order valence-electron chi connectivity index (χ2n) is 7.57. The van der Waals surface area contributed by atoms with E-state index in [1.54, 1.807) is 6.92 Å². The SMILES string of the molecule is CCOC(=O)Cn1c(=NC(=O)c2cccc(NS(=O)(=O)c3ccc(F)cc3)c2)sc2cc(F)cc(F)c21. The predicted molar refractivity (Wildman–Crippen MR) is 130 cm³/mol. The van der Waals surface area contributed by atoms with E-state index in [1.165, 1.54) is 24.3 Å². The minimum atomic E-state index is -4.07. The number of aromatic nitrogens is 1. The number of ether oxygens (including phenoxy) is 1. The van der Waals surface area contributed by atoms with Crippen LogP contribution >= 0.6 is 11.3 Å². The molecule has 1 N–H and O–H groups in total. The first-order chi connectivity index (χ1) is 17.6. The summed E-state index contributed by atoms with van der Waals surface area (Å²) in [5, 5.41) is 0. The third-order valence-electron chi connectivity index (χ3n) is 4.97. The van der Waals surface area contributed by atoms with Gasteiger partial charge in [-0.25, -0.2) is 21.6 Å². The van der Waals surface area contributed by atoms with Crippen molar-refractivity contribution in [3.05, 3.63) is 88.5 Å². The maximum atomic E-state index is 14.6. The highest BCUT2D eigenvalue weighted by molar-refractivity contribution is 7.92. The van der Waals surface area contributed by atoms with Gasteiger partial charge in [-0.05, 0) is 55.5 Å². The molecule has 0 saturated carbocycles. The van der Waals surface area contributed by atoms with Crippen molar-refractivity contribution < 1.29 is 35.9 Å². The summed E-state index contributed by atoms with van der Waals surface area (Å²) in [4.78, 5) is 28.8. The molecule has 0 aliphatic rings. The standard InChI is InChI=1S/C24H18F3N3O5S2/c1-2-35-21(31)13-30-22-19(27)11-16(26)12-20(22)36-24(30)28-23(32)14-4-3-5-17(10-14)29-37(33,34)18-8-6-15(25)7-9-18/h3-12,29H,2,13H2,1H3. The van der Waals surface area contributed by atoms with E-state index < -0.39 is 45.9 Å². The normalized spacial score (nSPS) is 12.1. The Bertz CT molecular complexity index is 1680. The minimum absolute atomic E-state index is 0.0221. The molecule has 0 atom stereocenters. The molecular weight excluding hydrogens is 531 g/mol. The van der Waals surface area contributed by atoms with E-state index >= 15 is 0 Å². The summed E-state index contributed by atoms with van der Waals surface area (Å²) in [6, 6.07) is 11.3. The molecule has 0 fully saturated rings. The number of hydrogen-bond acceptors (Lipinski definition) is 6. The van der Waals surface area contributed by atoms with Crippen LogP contribution in [-0.4, -0.2) is 31.5 Å². The van der Waals surface area contributed by atoms with Gasteiger partial charge in [-0.2, -0.15) is 4.99 Å². The van der Waals surface area contributed by atoms with Gasteiger partial charge in [0.05, 0.1) is 21.7 Å². The number of halogens is 3. The molecule has 3 aromatic carbocycles. The quantitative estimate of drug-likeness (QED) is 0.348. The second-order valence-corrected chi connectivity index (χ2v) is 10.3. The predicted octanol–water partition coefficient (Wildman–Crippen LogP) is 4.23. The number of amides is 1. The molecule has 0 radical (unpaired) electrons. The van der Waals surface area contributed by atoms with Crippen molar-refractivity contribution in [2.24, 2.45) is 4.99 Å². The first-order valence-electron chi connectivity index (χ1n) is 10.7. The summed E-state index contributed by atoms with van der Waals surface area (Å²) in [5.74, 6) is -3.92. The molecule has 8 nitrogen and oxygen atoms in total. The van der Waals surface area contributed by atoms with E-state index in [2.05, 4.69) is 9.71 Å². The van der Waals surface area contributed by atoms with Crippen molar-refractivity contribution in [1.82, 2.24) is 4.57 Å². The Kier molecular flexibility index (Phi) is 7.45. The third-order valence-corrected chi connectivity index (χ3v) is 7.39. The molecule has 0 unspecified atom stereocenters. The van der Waals surface area contributed by atoms with Crippen molar-refractivity contribution in [1.29, 1.82) is 0 Å². The maximum absolute atomic E-state index is 14.6. The fourth-order valence-corrected chi connectivity index (χ4v) is 5.51. The Hall–Kier alpha value is -3.97. The third kappa shape index (κ3) is 5.89. The number of carbonyl (C=O) groups is 2. The molecule has 37 heavy (non-hydrogen) atoms. The van der Waals surface area contributed by atoms with Gasteiger partial charge in [0.2, 0.25) is 0 Å². The van der Waals surface area contributed by atoms with E-state index in [9.17, 15) is 31.2 Å². The van der Waals surface area contributed by atoms with E-state index in [0.29, 0.717) is 6.07 Å². The molecule has 4 aromatic rings. The molecule has 13 heteroatoms. The lowest BCUT2D eigenvalue weighted by atomic mass is 10.2. The molecule has 1 amide bonds. The van der Waals surface area contributed by atoms with Gasteiger partial charge >= 0.3 is 5.97 Å². The van der Waals surface area contributed by atoms with E-state index in [0.717, 1.165) is 46.2 Å². The van der Waals surface area contributed by atoms with E-state index in [1.807, 2.05) is 0 Å². The number of carbonyl (C=O) groups excluding carboxylic acids is 2. The Balaban J connectivity index is 1.71. The monoisotopic (exact) mass is 549 g/mol. The van der Waals surface area contributed by atoms with Crippen LogP contribution in [0.2, 0.25) is 0 Å². The Labute approximate surface area is 212 Å². The summed E-state index contributed by atoms with van der Waals surface area (Å²) in [5.41, 5.74) is -0.104. The number of thiazole rings is 1. The highest BCUT2D eigenvalue weighted by Crippen LogP contribution is 2.23. The number of fused-ring (bicyclic) bond motifs is 1. The van der Waals surface area contributed by atoms with Gasteiger partial charge in [-0.3, -0.25) is 14.3 Å². The van der Waals surface area contributed by atoms with Crippen molar-refractivity contribution >= 4 is 49.1 Å².